The number of aryl methyl sites for hydroxylation is 2. The molecule has 0 spiro atoms. The zero-order chi connectivity index (χ0) is 16.3. The predicted octanol–water partition coefficient (Wildman–Crippen LogP) is 1.27. The lowest BCUT2D eigenvalue weighted by Crippen LogP contribution is -2.33. The third-order valence-corrected chi connectivity index (χ3v) is 4.00. The molecule has 23 heavy (non-hydrogen) atoms. The normalized spacial score (nSPS) is 15.3. The van der Waals surface area contributed by atoms with Crippen molar-refractivity contribution < 1.29 is 4.74 Å². The topological polar surface area (TPSA) is 90.3 Å². The number of rotatable bonds is 9. The summed E-state index contributed by atoms with van der Waals surface area (Å²) in [6.07, 6.45) is 7.61. The molecule has 0 bridgehead atoms. The van der Waals surface area contributed by atoms with Gasteiger partial charge < -0.3 is 20.4 Å². The van der Waals surface area contributed by atoms with Crippen molar-refractivity contribution >= 4 is 5.96 Å². The molecule has 0 unspecified atom stereocenters. The molecule has 0 atom stereocenters. The Bertz CT molecular complexity index is 485. The van der Waals surface area contributed by atoms with Gasteiger partial charge in [-0.15, -0.1) is 10.2 Å². The summed E-state index contributed by atoms with van der Waals surface area (Å²) in [6, 6.07) is 0. The molecule has 0 amide bonds. The third-order valence-electron chi connectivity index (χ3n) is 4.00. The molecule has 0 saturated carbocycles. The predicted molar refractivity (Wildman–Crippen MR) is 91.5 cm³/mol. The number of hydrogen-bond acceptors (Lipinski definition) is 4. The number of nitrogens with two attached hydrogens (primary N) is 1. The molecule has 0 radical (unpaired) electrons. The molecule has 1 aliphatic heterocycles. The Kier molecular flexibility index (Phi) is 7.86. The summed E-state index contributed by atoms with van der Waals surface area (Å²) in [5, 5.41) is 11.8. The molecule has 2 rings (SSSR count). The maximum Gasteiger partial charge on any atom is 0.188 e. The number of aliphatic imine (C=N–C) groups is 1. The fourth-order valence-corrected chi connectivity index (χ4v) is 2.76. The molecule has 2 heterocycles. The van der Waals surface area contributed by atoms with Gasteiger partial charge in [0.25, 0.3) is 0 Å². The molecule has 7 nitrogen and oxygen atoms in total. The average molecular weight is 322 g/mol. The maximum absolute atomic E-state index is 5.84. The van der Waals surface area contributed by atoms with Crippen molar-refractivity contribution in [3.63, 3.8) is 0 Å². The maximum atomic E-state index is 5.84. The average Bonchev–Trinajstić information content (AvgIpc) is 2.78. The summed E-state index contributed by atoms with van der Waals surface area (Å²) in [6.45, 7) is 6.09. The smallest absolute Gasteiger partial charge is 0.188 e. The molecule has 130 valence electrons. The summed E-state index contributed by atoms with van der Waals surface area (Å²) >= 11 is 0. The van der Waals surface area contributed by atoms with Gasteiger partial charge in [-0.05, 0) is 32.6 Å². The number of nitrogens with one attached hydrogen (secondary N) is 1. The Morgan fingerprint density at radius 1 is 1.30 bits per heavy atom. The molecular formula is C16H30N6O. The van der Waals surface area contributed by atoms with E-state index in [9.17, 15) is 0 Å². The summed E-state index contributed by atoms with van der Waals surface area (Å²) in [7, 11) is 0. The quantitative estimate of drug-likeness (QED) is 0.406. The summed E-state index contributed by atoms with van der Waals surface area (Å²) in [5.74, 6) is 2.76. The van der Waals surface area contributed by atoms with Crippen molar-refractivity contribution in [1.82, 2.24) is 20.1 Å². The van der Waals surface area contributed by atoms with E-state index in [1.165, 1.54) is 19.3 Å². The van der Waals surface area contributed by atoms with Crippen molar-refractivity contribution in [2.24, 2.45) is 10.7 Å². The van der Waals surface area contributed by atoms with Crippen molar-refractivity contribution in [2.75, 3.05) is 26.3 Å². The van der Waals surface area contributed by atoms with Crippen LogP contribution in [0.5, 0.6) is 0 Å². The van der Waals surface area contributed by atoms with Gasteiger partial charge in [0, 0.05) is 45.7 Å². The highest BCUT2D eigenvalue weighted by Gasteiger charge is 2.13. The van der Waals surface area contributed by atoms with Gasteiger partial charge in [0.2, 0.25) is 0 Å². The number of aromatic nitrogens is 3. The van der Waals surface area contributed by atoms with Gasteiger partial charge in [-0.2, -0.15) is 0 Å². The van der Waals surface area contributed by atoms with Crippen LogP contribution in [0.4, 0.5) is 0 Å². The van der Waals surface area contributed by atoms with E-state index in [2.05, 4.69) is 25.1 Å². The van der Waals surface area contributed by atoms with Crippen LogP contribution in [0.25, 0.3) is 0 Å². The van der Waals surface area contributed by atoms with Gasteiger partial charge in [0.05, 0.1) is 0 Å². The molecule has 3 N–H and O–H groups in total. The minimum absolute atomic E-state index is 0.515. The Morgan fingerprint density at radius 3 is 3.09 bits per heavy atom. The lowest BCUT2D eigenvalue weighted by molar-refractivity contribution is 0.145. The lowest BCUT2D eigenvalue weighted by atomic mass is 10.2. The Balaban J connectivity index is 1.65. The Labute approximate surface area is 138 Å². The third kappa shape index (κ3) is 6.17. The Hall–Kier alpha value is -1.63. The van der Waals surface area contributed by atoms with Gasteiger partial charge in [-0.3, -0.25) is 4.99 Å². The molecule has 7 heteroatoms. The van der Waals surface area contributed by atoms with Crippen LogP contribution in [0.15, 0.2) is 4.99 Å². The first-order valence-corrected chi connectivity index (χ1v) is 8.83. The summed E-state index contributed by atoms with van der Waals surface area (Å²) < 4.78 is 7.57. The number of fused-ring (bicyclic) bond motifs is 1. The van der Waals surface area contributed by atoms with E-state index in [1.807, 2.05) is 6.92 Å². The first-order chi connectivity index (χ1) is 11.3. The second kappa shape index (κ2) is 10.2. The molecule has 0 aromatic carbocycles. The van der Waals surface area contributed by atoms with Gasteiger partial charge in [-0.1, -0.05) is 6.42 Å². The summed E-state index contributed by atoms with van der Waals surface area (Å²) in [5.41, 5.74) is 5.84. The van der Waals surface area contributed by atoms with Gasteiger partial charge in [-0.25, -0.2) is 0 Å². The minimum atomic E-state index is 0.515. The van der Waals surface area contributed by atoms with Crippen LogP contribution in [0.3, 0.4) is 0 Å². The SMILES string of the molecule is CCOCCCNC(N)=NCCCc1nnc2n1CCCCC2. The number of nitrogens with zero attached hydrogens (tertiary/aromatic N) is 4. The van der Waals surface area contributed by atoms with Crippen molar-refractivity contribution in [1.29, 1.82) is 0 Å². The second-order valence-corrected chi connectivity index (χ2v) is 5.84. The molecule has 0 saturated heterocycles. The fraction of sp³-hybridized carbons (Fsp3) is 0.812. The minimum Gasteiger partial charge on any atom is -0.382 e. The van der Waals surface area contributed by atoms with Crippen molar-refractivity contribution in [2.45, 2.75) is 58.4 Å². The van der Waals surface area contributed by atoms with Crippen LogP contribution in [0, 0.1) is 0 Å². The van der Waals surface area contributed by atoms with Crippen LogP contribution in [-0.4, -0.2) is 47.0 Å². The number of ether oxygens (including phenoxy) is 1. The Morgan fingerprint density at radius 2 is 2.22 bits per heavy atom. The molecule has 1 aliphatic rings. The van der Waals surface area contributed by atoms with Gasteiger partial charge in [0.1, 0.15) is 11.6 Å². The zero-order valence-corrected chi connectivity index (χ0v) is 14.3. The van der Waals surface area contributed by atoms with E-state index < -0.39 is 0 Å². The molecule has 1 aromatic heterocycles. The molecular weight excluding hydrogens is 292 g/mol. The van der Waals surface area contributed by atoms with E-state index in [1.54, 1.807) is 0 Å². The standard InChI is InChI=1S/C16H30N6O/c1-2-23-13-7-11-19-16(17)18-10-6-9-15-21-20-14-8-4-3-5-12-22(14)15/h2-13H2,1H3,(H3,17,18,19). The monoisotopic (exact) mass is 322 g/mol. The van der Waals surface area contributed by atoms with Crippen LogP contribution in [0.2, 0.25) is 0 Å². The molecule has 0 fully saturated rings. The largest absolute Gasteiger partial charge is 0.382 e. The zero-order valence-electron chi connectivity index (χ0n) is 14.3. The van der Waals surface area contributed by atoms with Crippen LogP contribution >= 0.6 is 0 Å². The highest BCUT2D eigenvalue weighted by molar-refractivity contribution is 5.77. The van der Waals surface area contributed by atoms with E-state index in [0.717, 1.165) is 63.6 Å². The van der Waals surface area contributed by atoms with Gasteiger partial charge in [0.15, 0.2) is 5.96 Å². The van der Waals surface area contributed by atoms with E-state index in [4.69, 9.17) is 10.5 Å². The van der Waals surface area contributed by atoms with Crippen molar-refractivity contribution in [3.05, 3.63) is 11.6 Å². The van der Waals surface area contributed by atoms with Gasteiger partial charge >= 0.3 is 0 Å². The molecule has 1 aromatic rings. The van der Waals surface area contributed by atoms with E-state index >= 15 is 0 Å². The second-order valence-electron chi connectivity index (χ2n) is 5.84. The fourth-order valence-electron chi connectivity index (χ4n) is 2.76. The van der Waals surface area contributed by atoms with Crippen LogP contribution in [-0.2, 0) is 24.1 Å². The van der Waals surface area contributed by atoms with Crippen LogP contribution in [0.1, 0.15) is 50.7 Å². The first-order valence-electron chi connectivity index (χ1n) is 8.83. The van der Waals surface area contributed by atoms with Crippen LogP contribution < -0.4 is 11.1 Å². The highest BCUT2D eigenvalue weighted by Crippen LogP contribution is 2.15. The highest BCUT2D eigenvalue weighted by atomic mass is 16.5. The van der Waals surface area contributed by atoms with Crippen molar-refractivity contribution in [3.8, 4) is 0 Å². The summed E-state index contributed by atoms with van der Waals surface area (Å²) in [4.78, 5) is 4.36. The number of hydrogen-bond donors (Lipinski definition) is 2. The van der Waals surface area contributed by atoms with E-state index in [-0.39, 0.29) is 0 Å². The molecule has 0 aliphatic carbocycles. The number of guanidine groups is 1. The lowest BCUT2D eigenvalue weighted by Gasteiger charge is -2.07. The van der Waals surface area contributed by atoms with E-state index in [0.29, 0.717) is 12.5 Å². The first kappa shape index (κ1) is 17.7.